The highest BCUT2D eigenvalue weighted by Crippen LogP contribution is 2.27. The fourth-order valence-electron chi connectivity index (χ4n) is 3.07. The van der Waals surface area contributed by atoms with Crippen LogP contribution < -0.4 is 10.1 Å². The molecule has 1 aromatic carbocycles. The second kappa shape index (κ2) is 7.82. The number of likely N-dealkylation sites (tertiary alicyclic amines) is 1. The number of hydrogen-bond acceptors (Lipinski definition) is 5. The third-order valence-electron chi connectivity index (χ3n) is 4.33. The third kappa shape index (κ3) is 5.42. The SMILES string of the molecule is COc1ccc([N+](=O)[O-])cc1CN1CCC(C(=O)NC(C)(C)C)CC1. The van der Waals surface area contributed by atoms with E-state index in [4.69, 9.17) is 4.74 Å². The number of carbonyl (C=O) groups excluding carboxylic acids is 1. The Labute approximate surface area is 148 Å². The minimum atomic E-state index is -0.397. The summed E-state index contributed by atoms with van der Waals surface area (Å²) in [6.45, 7) is 8.10. The number of hydrogen-bond donors (Lipinski definition) is 1. The molecule has 1 aromatic rings. The number of rotatable bonds is 5. The predicted octanol–water partition coefficient (Wildman–Crippen LogP) is 2.73. The molecule has 0 atom stereocenters. The molecule has 0 radical (unpaired) electrons. The Bertz CT molecular complexity index is 632. The number of methoxy groups -OCH3 is 1. The van der Waals surface area contributed by atoms with E-state index < -0.39 is 4.92 Å². The minimum absolute atomic E-state index is 0.0301. The van der Waals surface area contributed by atoms with Crippen LogP contribution >= 0.6 is 0 Å². The van der Waals surface area contributed by atoms with E-state index >= 15 is 0 Å². The molecule has 7 heteroatoms. The van der Waals surface area contributed by atoms with Gasteiger partial charge in [-0.05, 0) is 52.8 Å². The zero-order valence-electron chi connectivity index (χ0n) is 15.4. The van der Waals surface area contributed by atoms with Gasteiger partial charge in [0.05, 0.1) is 12.0 Å². The molecule has 0 bridgehead atoms. The summed E-state index contributed by atoms with van der Waals surface area (Å²) in [7, 11) is 1.56. The van der Waals surface area contributed by atoms with E-state index in [0.717, 1.165) is 31.5 Å². The van der Waals surface area contributed by atoms with Gasteiger partial charge in [-0.1, -0.05) is 0 Å². The molecule has 0 spiro atoms. The monoisotopic (exact) mass is 349 g/mol. The Morgan fingerprint density at radius 1 is 1.36 bits per heavy atom. The smallest absolute Gasteiger partial charge is 0.270 e. The largest absolute Gasteiger partial charge is 0.496 e. The number of benzene rings is 1. The van der Waals surface area contributed by atoms with E-state index in [1.54, 1.807) is 19.2 Å². The van der Waals surface area contributed by atoms with Gasteiger partial charge in [-0.3, -0.25) is 19.8 Å². The lowest BCUT2D eigenvalue weighted by atomic mass is 9.94. The van der Waals surface area contributed by atoms with E-state index in [-0.39, 0.29) is 23.1 Å². The first-order valence-corrected chi connectivity index (χ1v) is 8.55. The number of nitro groups is 1. The topological polar surface area (TPSA) is 84.7 Å². The van der Waals surface area contributed by atoms with Gasteiger partial charge < -0.3 is 10.1 Å². The quantitative estimate of drug-likeness (QED) is 0.653. The van der Waals surface area contributed by atoms with E-state index in [1.165, 1.54) is 6.07 Å². The molecule has 1 N–H and O–H groups in total. The van der Waals surface area contributed by atoms with Gasteiger partial charge in [0.25, 0.3) is 5.69 Å². The zero-order chi connectivity index (χ0) is 18.6. The second-order valence-corrected chi connectivity index (χ2v) is 7.54. The number of amides is 1. The van der Waals surface area contributed by atoms with Crippen LogP contribution in [0, 0.1) is 16.0 Å². The van der Waals surface area contributed by atoms with Crippen LogP contribution in [0.3, 0.4) is 0 Å². The summed E-state index contributed by atoms with van der Waals surface area (Å²) in [5, 5.41) is 14.0. The highest BCUT2D eigenvalue weighted by Gasteiger charge is 2.27. The summed E-state index contributed by atoms with van der Waals surface area (Å²) < 4.78 is 5.32. The van der Waals surface area contributed by atoms with Crippen LogP contribution in [0.25, 0.3) is 0 Å². The van der Waals surface area contributed by atoms with Gasteiger partial charge in [0.2, 0.25) is 5.91 Å². The molecule has 0 saturated carbocycles. The normalized spacial score (nSPS) is 16.5. The maximum Gasteiger partial charge on any atom is 0.270 e. The molecule has 0 aromatic heterocycles. The van der Waals surface area contributed by atoms with Gasteiger partial charge in [-0.2, -0.15) is 0 Å². The summed E-state index contributed by atoms with van der Waals surface area (Å²) in [6, 6.07) is 4.65. The molecule has 1 saturated heterocycles. The molecule has 1 fully saturated rings. The van der Waals surface area contributed by atoms with E-state index in [1.807, 2.05) is 20.8 Å². The van der Waals surface area contributed by atoms with Crippen molar-refractivity contribution in [2.45, 2.75) is 45.7 Å². The van der Waals surface area contributed by atoms with E-state index in [2.05, 4.69) is 10.2 Å². The zero-order valence-corrected chi connectivity index (χ0v) is 15.4. The van der Waals surface area contributed by atoms with Gasteiger partial charge in [-0.15, -0.1) is 0 Å². The molecule has 7 nitrogen and oxygen atoms in total. The number of carbonyl (C=O) groups is 1. The maximum absolute atomic E-state index is 12.3. The van der Waals surface area contributed by atoms with Crippen LogP contribution in [0.1, 0.15) is 39.2 Å². The molecule has 2 rings (SSSR count). The van der Waals surface area contributed by atoms with Crippen LogP contribution in [0.2, 0.25) is 0 Å². The van der Waals surface area contributed by atoms with Gasteiger partial charge in [0.15, 0.2) is 0 Å². The molecule has 1 aliphatic rings. The molecule has 25 heavy (non-hydrogen) atoms. The van der Waals surface area contributed by atoms with Crippen molar-refractivity contribution in [2.75, 3.05) is 20.2 Å². The molecule has 0 aliphatic carbocycles. The highest BCUT2D eigenvalue weighted by atomic mass is 16.6. The molecular weight excluding hydrogens is 322 g/mol. The van der Waals surface area contributed by atoms with Crippen LogP contribution in [0.4, 0.5) is 5.69 Å². The Hall–Kier alpha value is -2.15. The minimum Gasteiger partial charge on any atom is -0.496 e. The average molecular weight is 349 g/mol. The van der Waals surface area contributed by atoms with Crippen LogP contribution in [-0.2, 0) is 11.3 Å². The van der Waals surface area contributed by atoms with Gasteiger partial charge in [0.1, 0.15) is 5.75 Å². The Morgan fingerprint density at radius 2 is 2.00 bits per heavy atom. The van der Waals surface area contributed by atoms with Crippen molar-refractivity contribution < 1.29 is 14.5 Å². The number of non-ortho nitro benzene ring substituents is 1. The molecule has 1 heterocycles. The van der Waals surface area contributed by atoms with Gasteiger partial charge in [0, 0.05) is 35.7 Å². The van der Waals surface area contributed by atoms with Gasteiger partial charge in [-0.25, -0.2) is 0 Å². The standard InChI is InChI=1S/C18H27N3O4/c1-18(2,3)19-17(22)13-7-9-20(10-8-13)12-14-11-15(21(23)24)5-6-16(14)25-4/h5-6,11,13H,7-10,12H2,1-4H3,(H,19,22). The summed E-state index contributed by atoms with van der Waals surface area (Å²) in [4.78, 5) is 25.1. The summed E-state index contributed by atoms with van der Waals surface area (Å²) in [6.07, 6.45) is 1.58. The first-order valence-electron chi connectivity index (χ1n) is 8.55. The van der Waals surface area contributed by atoms with Crippen molar-refractivity contribution >= 4 is 11.6 Å². The van der Waals surface area contributed by atoms with Crippen LogP contribution in [-0.4, -0.2) is 41.5 Å². The summed E-state index contributed by atoms with van der Waals surface area (Å²) in [5.41, 5.74) is 0.648. The number of nitrogens with zero attached hydrogens (tertiary/aromatic N) is 2. The van der Waals surface area contributed by atoms with Gasteiger partial charge >= 0.3 is 0 Å². The Morgan fingerprint density at radius 3 is 2.52 bits per heavy atom. The van der Waals surface area contributed by atoms with Crippen molar-refractivity contribution in [1.82, 2.24) is 10.2 Å². The highest BCUT2D eigenvalue weighted by molar-refractivity contribution is 5.79. The van der Waals surface area contributed by atoms with Crippen molar-refractivity contribution in [3.8, 4) is 5.75 Å². The molecule has 1 aliphatic heterocycles. The lowest BCUT2D eigenvalue weighted by Crippen LogP contribution is -2.46. The van der Waals surface area contributed by atoms with Crippen LogP contribution in [0.5, 0.6) is 5.75 Å². The fraction of sp³-hybridized carbons (Fsp3) is 0.611. The number of nitro benzene ring substituents is 1. The Kier molecular flexibility index (Phi) is 6.00. The Balaban J connectivity index is 1.97. The van der Waals surface area contributed by atoms with Crippen LogP contribution in [0.15, 0.2) is 18.2 Å². The second-order valence-electron chi connectivity index (χ2n) is 7.54. The molecule has 0 unspecified atom stereocenters. The third-order valence-corrected chi connectivity index (χ3v) is 4.33. The maximum atomic E-state index is 12.3. The predicted molar refractivity (Wildman–Crippen MR) is 95.5 cm³/mol. The van der Waals surface area contributed by atoms with Crippen molar-refractivity contribution in [3.05, 3.63) is 33.9 Å². The van der Waals surface area contributed by atoms with Crippen molar-refractivity contribution in [2.24, 2.45) is 5.92 Å². The van der Waals surface area contributed by atoms with Crippen molar-refractivity contribution in [1.29, 1.82) is 0 Å². The lowest BCUT2D eigenvalue weighted by molar-refractivity contribution is -0.385. The summed E-state index contributed by atoms with van der Waals surface area (Å²) >= 11 is 0. The number of piperidine rings is 1. The number of ether oxygens (including phenoxy) is 1. The molecule has 1 amide bonds. The first kappa shape index (κ1) is 19.2. The van der Waals surface area contributed by atoms with E-state index in [9.17, 15) is 14.9 Å². The van der Waals surface area contributed by atoms with Crippen molar-refractivity contribution in [3.63, 3.8) is 0 Å². The fourth-order valence-corrected chi connectivity index (χ4v) is 3.07. The average Bonchev–Trinajstić information content (AvgIpc) is 2.53. The first-order chi connectivity index (χ1) is 11.7. The van der Waals surface area contributed by atoms with E-state index in [0.29, 0.717) is 12.3 Å². The summed E-state index contributed by atoms with van der Waals surface area (Å²) in [5.74, 6) is 0.792. The lowest BCUT2D eigenvalue weighted by Gasteiger charge is -2.33. The molecule has 138 valence electrons. The molecular formula is C18H27N3O4. The number of nitrogens with one attached hydrogen (secondary N) is 1.